The van der Waals surface area contributed by atoms with E-state index in [0.717, 1.165) is 0 Å². The minimum atomic E-state index is -0.525. The molecule has 2 aromatic rings. The number of carbonyl (C=O) groups is 1. The molecule has 1 aromatic carbocycles. The molecule has 0 amide bonds. The Morgan fingerprint density at radius 1 is 1.10 bits per heavy atom. The fourth-order valence-electron chi connectivity index (χ4n) is 1.63. The van der Waals surface area contributed by atoms with Gasteiger partial charge in [-0.15, -0.1) is 10.2 Å². The van der Waals surface area contributed by atoms with Crippen LogP contribution in [0.2, 0.25) is 0 Å². The maximum atomic E-state index is 12.0. The minimum absolute atomic E-state index is 0.0780. The summed E-state index contributed by atoms with van der Waals surface area (Å²) in [6, 6.07) is 4.80. The Hall–Kier alpha value is -2.57. The van der Waals surface area contributed by atoms with Gasteiger partial charge in [-0.2, -0.15) is 0 Å². The molecule has 112 valence electrons. The van der Waals surface area contributed by atoms with Gasteiger partial charge < -0.3 is 18.6 Å². The maximum Gasteiger partial charge on any atom is 0.338 e. The van der Waals surface area contributed by atoms with Crippen LogP contribution in [0.5, 0.6) is 11.5 Å². The number of methoxy groups -OCH3 is 2. The summed E-state index contributed by atoms with van der Waals surface area (Å²) in [5.74, 6) is 1.25. The first-order valence-corrected chi connectivity index (χ1v) is 6.37. The van der Waals surface area contributed by atoms with Crippen LogP contribution in [0.4, 0.5) is 0 Å². The largest absolute Gasteiger partial charge is 0.497 e. The number of esters is 1. The summed E-state index contributed by atoms with van der Waals surface area (Å²) < 4.78 is 20.6. The lowest BCUT2D eigenvalue weighted by Crippen LogP contribution is -2.06. The highest BCUT2D eigenvalue weighted by Gasteiger charge is 2.13. The number of benzene rings is 1. The van der Waals surface area contributed by atoms with Crippen LogP contribution in [0.25, 0.3) is 0 Å². The average Bonchev–Trinajstić information content (AvgIpc) is 3.00. The fraction of sp³-hybridized carbons (Fsp3) is 0.357. The second kappa shape index (κ2) is 6.74. The molecule has 1 heterocycles. The van der Waals surface area contributed by atoms with Gasteiger partial charge >= 0.3 is 5.97 Å². The van der Waals surface area contributed by atoms with Crippen molar-refractivity contribution in [2.75, 3.05) is 14.2 Å². The Labute approximate surface area is 121 Å². The van der Waals surface area contributed by atoms with Gasteiger partial charge in [-0.1, -0.05) is 6.92 Å². The average molecular weight is 292 g/mol. The van der Waals surface area contributed by atoms with E-state index in [4.69, 9.17) is 18.6 Å². The number of nitrogens with zero attached hydrogens (tertiary/aromatic N) is 2. The first kappa shape index (κ1) is 14.8. The lowest BCUT2D eigenvalue weighted by atomic mass is 10.2. The van der Waals surface area contributed by atoms with Gasteiger partial charge in [-0.25, -0.2) is 4.79 Å². The zero-order valence-corrected chi connectivity index (χ0v) is 12.1. The summed E-state index contributed by atoms with van der Waals surface area (Å²) in [7, 11) is 3.02. The van der Waals surface area contributed by atoms with Gasteiger partial charge in [-0.05, 0) is 12.1 Å². The number of hydrogen-bond acceptors (Lipinski definition) is 7. The number of ether oxygens (including phenoxy) is 3. The third-order valence-corrected chi connectivity index (χ3v) is 2.73. The van der Waals surface area contributed by atoms with Crippen LogP contribution in [-0.4, -0.2) is 30.4 Å². The van der Waals surface area contributed by atoms with E-state index in [1.54, 1.807) is 18.2 Å². The van der Waals surface area contributed by atoms with E-state index in [1.807, 2.05) is 6.92 Å². The fourth-order valence-corrected chi connectivity index (χ4v) is 1.63. The first-order valence-electron chi connectivity index (χ1n) is 6.37. The second-order valence-electron chi connectivity index (χ2n) is 4.12. The van der Waals surface area contributed by atoms with Crippen molar-refractivity contribution in [3.8, 4) is 11.5 Å². The predicted molar refractivity (Wildman–Crippen MR) is 72.3 cm³/mol. The Kier molecular flexibility index (Phi) is 4.76. The molecule has 7 heteroatoms. The number of aryl methyl sites for hydroxylation is 1. The quantitative estimate of drug-likeness (QED) is 0.753. The van der Waals surface area contributed by atoms with Crippen LogP contribution in [0.3, 0.4) is 0 Å². The molecule has 1 aromatic heterocycles. The Balaban J connectivity index is 2.05. The van der Waals surface area contributed by atoms with Crippen molar-refractivity contribution in [2.45, 2.75) is 20.0 Å². The molecule has 0 bridgehead atoms. The van der Waals surface area contributed by atoms with Gasteiger partial charge in [0, 0.05) is 12.5 Å². The van der Waals surface area contributed by atoms with Gasteiger partial charge in [0.2, 0.25) is 5.89 Å². The van der Waals surface area contributed by atoms with Gasteiger partial charge in [0.25, 0.3) is 5.89 Å². The standard InChI is InChI=1S/C14H16N2O5/c1-4-12-15-16-13(21-12)8-20-14(17)9-5-10(18-2)7-11(6-9)19-3/h5-7H,4,8H2,1-3H3. The molecular formula is C14H16N2O5. The summed E-state index contributed by atoms with van der Waals surface area (Å²) in [6.07, 6.45) is 0.633. The minimum Gasteiger partial charge on any atom is -0.497 e. The van der Waals surface area contributed by atoms with Crippen molar-refractivity contribution in [3.05, 3.63) is 35.5 Å². The van der Waals surface area contributed by atoms with Crippen molar-refractivity contribution >= 4 is 5.97 Å². The van der Waals surface area contributed by atoms with Crippen molar-refractivity contribution in [1.29, 1.82) is 0 Å². The van der Waals surface area contributed by atoms with E-state index < -0.39 is 5.97 Å². The molecule has 2 rings (SSSR count). The molecule has 0 aliphatic rings. The molecule has 0 fully saturated rings. The van der Waals surface area contributed by atoms with Crippen LogP contribution in [-0.2, 0) is 17.8 Å². The monoisotopic (exact) mass is 292 g/mol. The lowest BCUT2D eigenvalue weighted by molar-refractivity contribution is 0.0435. The molecule has 0 N–H and O–H groups in total. The molecule has 0 spiro atoms. The number of aromatic nitrogens is 2. The van der Waals surface area contributed by atoms with Gasteiger partial charge in [0.15, 0.2) is 6.61 Å². The number of rotatable bonds is 6. The third-order valence-electron chi connectivity index (χ3n) is 2.73. The van der Waals surface area contributed by atoms with Crippen molar-refractivity contribution in [3.63, 3.8) is 0 Å². The van der Waals surface area contributed by atoms with E-state index in [9.17, 15) is 4.79 Å². The highest BCUT2D eigenvalue weighted by atomic mass is 16.5. The number of hydrogen-bond donors (Lipinski definition) is 0. The molecule has 0 radical (unpaired) electrons. The van der Waals surface area contributed by atoms with E-state index in [0.29, 0.717) is 29.4 Å². The van der Waals surface area contributed by atoms with E-state index in [-0.39, 0.29) is 12.5 Å². The molecule has 7 nitrogen and oxygen atoms in total. The SMILES string of the molecule is CCc1nnc(COC(=O)c2cc(OC)cc(OC)c2)o1. The molecule has 0 aliphatic carbocycles. The van der Waals surface area contributed by atoms with E-state index >= 15 is 0 Å². The smallest absolute Gasteiger partial charge is 0.338 e. The van der Waals surface area contributed by atoms with Gasteiger partial charge in [0.05, 0.1) is 19.8 Å². The zero-order chi connectivity index (χ0) is 15.2. The number of carbonyl (C=O) groups excluding carboxylic acids is 1. The van der Waals surface area contributed by atoms with Gasteiger partial charge in [0.1, 0.15) is 11.5 Å². The summed E-state index contributed by atoms with van der Waals surface area (Å²) >= 11 is 0. The molecule has 21 heavy (non-hydrogen) atoms. The predicted octanol–water partition coefficient (Wildman–Crippen LogP) is 2.01. The summed E-state index contributed by atoms with van der Waals surface area (Å²) in [5, 5.41) is 7.57. The maximum absolute atomic E-state index is 12.0. The van der Waals surface area contributed by atoms with Crippen LogP contribution in [0.15, 0.2) is 22.6 Å². The van der Waals surface area contributed by atoms with E-state index in [2.05, 4.69) is 10.2 Å². The summed E-state index contributed by atoms with van der Waals surface area (Å²) in [6.45, 7) is 1.82. The molecule has 0 atom stereocenters. The molecule has 0 unspecified atom stereocenters. The first-order chi connectivity index (χ1) is 10.2. The van der Waals surface area contributed by atoms with Crippen LogP contribution in [0, 0.1) is 0 Å². The Bertz CT molecular complexity index is 601. The van der Waals surface area contributed by atoms with Crippen molar-refractivity contribution in [1.82, 2.24) is 10.2 Å². The Morgan fingerprint density at radius 2 is 1.71 bits per heavy atom. The van der Waals surface area contributed by atoms with Gasteiger partial charge in [-0.3, -0.25) is 0 Å². The summed E-state index contributed by atoms with van der Waals surface area (Å²) in [5.41, 5.74) is 0.321. The van der Waals surface area contributed by atoms with Crippen LogP contribution >= 0.6 is 0 Å². The van der Waals surface area contributed by atoms with Crippen molar-refractivity contribution in [2.24, 2.45) is 0 Å². The highest BCUT2D eigenvalue weighted by Crippen LogP contribution is 2.23. The highest BCUT2D eigenvalue weighted by molar-refractivity contribution is 5.90. The molecule has 0 saturated carbocycles. The normalized spacial score (nSPS) is 10.2. The van der Waals surface area contributed by atoms with Crippen molar-refractivity contribution < 1.29 is 23.4 Å². The van der Waals surface area contributed by atoms with E-state index in [1.165, 1.54) is 14.2 Å². The zero-order valence-electron chi connectivity index (χ0n) is 12.1. The molecule has 0 saturated heterocycles. The topological polar surface area (TPSA) is 83.7 Å². The molecule has 0 aliphatic heterocycles. The Morgan fingerprint density at radius 3 is 2.24 bits per heavy atom. The summed E-state index contributed by atoms with van der Waals surface area (Å²) in [4.78, 5) is 12.0. The third kappa shape index (κ3) is 3.71. The van der Waals surface area contributed by atoms with Crippen LogP contribution < -0.4 is 9.47 Å². The second-order valence-corrected chi connectivity index (χ2v) is 4.12. The lowest BCUT2D eigenvalue weighted by Gasteiger charge is -2.07. The van der Waals surface area contributed by atoms with Crippen LogP contribution in [0.1, 0.15) is 29.1 Å². The molecular weight excluding hydrogens is 276 g/mol.